The van der Waals surface area contributed by atoms with Gasteiger partial charge in [-0.2, -0.15) is 0 Å². The molecule has 6 nitrogen and oxygen atoms in total. The van der Waals surface area contributed by atoms with Gasteiger partial charge < -0.3 is 19.0 Å². The van der Waals surface area contributed by atoms with E-state index in [2.05, 4.69) is 0 Å². The van der Waals surface area contributed by atoms with Crippen molar-refractivity contribution >= 4 is 23.6 Å². The molecule has 0 spiro atoms. The number of furan rings is 1. The molecular weight excluding hydrogens is 340 g/mol. The Morgan fingerprint density at radius 3 is 2.32 bits per heavy atom. The van der Waals surface area contributed by atoms with Crippen LogP contribution in [0.1, 0.15) is 20.9 Å². The third-order valence-corrected chi connectivity index (χ3v) is 4.95. The molecule has 1 aromatic carbocycles. The fraction of sp³-hybridized carbons (Fsp3) is 0.333. The molecule has 0 atom stereocenters. The van der Waals surface area contributed by atoms with Crippen LogP contribution >= 0.6 is 11.8 Å². The minimum atomic E-state index is -0.140. The first-order valence-corrected chi connectivity index (χ1v) is 9.20. The summed E-state index contributed by atoms with van der Waals surface area (Å²) in [5.41, 5.74) is 0.547. The highest BCUT2D eigenvalue weighted by atomic mass is 32.2. The number of rotatable bonds is 4. The van der Waals surface area contributed by atoms with E-state index in [-0.39, 0.29) is 11.8 Å². The van der Waals surface area contributed by atoms with Gasteiger partial charge in [0.2, 0.25) is 0 Å². The van der Waals surface area contributed by atoms with E-state index in [0.717, 1.165) is 4.90 Å². The number of methoxy groups -OCH3 is 1. The lowest BCUT2D eigenvalue weighted by atomic mass is 10.1. The summed E-state index contributed by atoms with van der Waals surface area (Å²) in [5, 5.41) is 0. The molecule has 0 unspecified atom stereocenters. The van der Waals surface area contributed by atoms with E-state index in [4.69, 9.17) is 9.15 Å². The average Bonchev–Trinajstić information content (AvgIpc) is 3.21. The first-order chi connectivity index (χ1) is 12.1. The summed E-state index contributed by atoms with van der Waals surface area (Å²) in [7, 11) is 1.57. The number of carbonyl (C=O) groups excluding carboxylic acids is 2. The minimum Gasteiger partial charge on any atom is -0.496 e. The van der Waals surface area contributed by atoms with Gasteiger partial charge in [-0.05, 0) is 36.6 Å². The molecule has 0 N–H and O–H groups in total. The van der Waals surface area contributed by atoms with Crippen LogP contribution in [0.2, 0.25) is 0 Å². The second-order valence-electron chi connectivity index (χ2n) is 5.63. The van der Waals surface area contributed by atoms with Gasteiger partial charge in [0.15, 0.2) is 5.76 Å². The molecule has 2 amide bonds. The second kappa shape index (κ2) is 7.65. The lowest BCUT2D eigenvalue weighted by Crippen LogP contribution is -2.50. The van der Waals surface area contributed by atoms with Crippen molar-refractivity contribution in [2.24, 2.45) is 0 Å². The Morgan fingerprint density at radius 2 is 1.76 bits per heavy atom. The Kier molecular flexibility index (Phi) is 5.33. The standard InChI is InChI=1S/C18H20N2O4S/c1-23-16-12-13(25-2)5-6-14(16)17(21)19-7-9-20(10-8-19)18(22)15-4-3-11-24-15/h3-6,11-12H,7-10H2,1-2H3. The smallest absolute Gasteiger partial charge is 0.289 e. The number of thioether (sulfide) groups is 1. The summed E-state index contributed by atoms with van der Waals surface area (Å²) < 4.78 is 10.5. The molecule has 0 bridgehead atoms. The van der Waals surface area contributed by atoms with Crippen LogP contribution in [0, 0.1) is 0 Å². The van der Waals surface area contributed by atoms with E-state index in [0.29, 0.717) is 43.3 Å². The number of carbonyl (C=O) groups is 2. The van der Waals surface area contributed by atoms with Gasteiger partial charge in [-0.3, -0.25) is 9.59 Å². The lowest BCUT2D eigenvalue weighted by Gasteiger charge is -2.34. The number of nitrogens with zero attached hydrogens (tertiary/aromatic N) is 2. The number of benzene rings is 1. The molecule has 1 fully saturated rings. The summed E-state index contributed by atoms with van der Waals surface area (Å²) in [4.78, 5) is 29.6. The summed E-state index contributed by atoms with van der Waals surface area (Å²) in [5.74, 6) is 0.689. The van der Waals surface area contributed by atoms with Crippen molar-refractivity contribution in [2.75, 3.05) is 39.5 Å². The van der Waals surface area contributed by atoms with Crippen molar-refractivity contribution in [3.05, 3.63) is 47.9 Å². The predicted molar refractivity (Wildman–Crippen MR) is 95.3 cm³/mol. The first kappa shape index (κ1) is 17.4. The highest BCUT2D eigenvalue weighted by Crippen LogP contribution is 2.26. The molecule has 1 aromatic heterocycles. The normalized spacial score (nSPS) is 14.5. The Morgan fingerprint density at radius 1 is 1.08 bits per heavy atom. The summed E-state index contributed by atoms with van der Waals surface area (Å²) in [6.07, 6.45) is 3.46. The maximum Gasteiger partial charge on any atom is 0.289 e. The zero-order valence-corrected chi connectivity index (χ0v) is 15.0. The van der Waals surface area contributed by atoms with E-state index in [1.165, 1.54) is 6.26 Å². The largest absolute Gasteiger partial charge is 0.496 e. The van der Waals surface area contributed by atoms with Crippen molar-refractivity contribution in [3.8, 4) is 5.75 Å². The summed E-state index contributed by atoms with van der Waals surface area (Å²) in [6.45, 7) is 1.93. The Balaban J connectivity index is 1.67. The van der Waals surface area contributed by atoms with Crippen molar-refractivity contribution in [2.45, 2.75) is 4.90 Å². The molecule has 1 saturated heterocycles. The van der Waals surface area contributed by atoms with Crippen molar-refractivity contribution in [1.29, 1.82) is 0 Å². The Labute approximate surface area is 150 Å². The molecule has 7 heteroatoms. The zero-order chi connectivity index (χ0) is 17.8. The van der Waals surface area contributed by atoms with Gasteiger partial charge in [-0.1, -0.05) is 0 Å². The molecule has 25 heavy (non-hydrogen) atoms. The third kappa shape index (κ3) is 3.66. The molecule has 3 rings (SSSR count). The summed E-state index contributed by atoms with van der Waals surface area (Å²) >= 11 is 1.60. The van der Waals surface area contributed by atoms with Gasteiger partial charge in [0, 0.05) is 31.1 Å². The molecule has 0 radical (unpaired) electrons. The van der Waals surface area contributed by atoms with E-state index in [1.807, 2.05) is 18.4 Å². The van der Waals surface area contributed by atoms with Crippen molar-refractivity contribution in [3.63, 3.8) is 0 Å². The Hall–Kier alpha value is -2.41. The second-order valence-corrected chi connectivity index (χ2v) is 6.51. The highest BCUT2D eigenvalue weighted by molar-refractivity contribution is 7.98. The predicted octanol–water partition coefficient (Wildman–Crippen LogP) is 2.61. The van der Waals surface area contributed by atoms with Crippen LogP contribution in [0.15, 0.2) is 45.9 Å². The molecule has 2 aromatic rings. The molecule has 0 saturated carbocycles. The number of hydrogen-bond donors (Lipinski definition) is 0. The van der Waals surface area contributed by atoms with Gasteiger partial charge in [0.05, 0.1) is 18.9 Å². The number of hydrogen-bond acceptors (Lipinski definition) is 5. The van der Waals surface area contributed by atoms with Crippen LogP contribution in [0.25, 0.3) is 0 Å². The van der Waals surface area contributed by atoms with Crippen LogP contribution in [-0.4, -0.2) is 61.2 Å². The molecule has 1 aliphatic rings. The van der Waals surface area contributed by atoms with E-state index in [9.17, 15) is 9.59 Å². The number of amides is 2. The van der Waals surface area contributed by atoms with Gasteiger partial charge in [0.25, 0.3) is 11.8 Å². The molecular formula is C18H20N2O4S. The van der Waals surface area contributed by atoms with Crippen molar-refractivity contribution in [1.82, 2.24) is 9.80 Å². The topological polar surface area (TPSA) is 63.0 Å². The SMILES string of the molecule is COc1cc(SC)ccc1C(=O)N1CCN(C(=O)c2ccco2)CC1. The fourth-order valence-electron chi connectivity index (χ4n) is 2.81. The summed E-state index contributed by atoms with van der Waals surface area (Å²) in [6, 6.07) is 8.93. The zero-order valence-electron chi connectivity index (χ0n) is 14.2. The first-order valence-electron chi connectivity index (χ1n) is 7.98. The van der Waals surface area contributed by atoms with E-state index in [1.54, 1.807) is 46.9 Å². The maximum atomic E-state index is 12.8. The van der Waals surface area contributed by atoms with E-state index < -0.39 is 0 Å². The fourth-order valence-corrected chi connectivity index (χ4v) is 3.24. The highest BCUT2D eigenvalue weighted by Gasteiger charge is 2.27. The number of ether oxygens (including phenoxy) is 1. The quantitative estimate of drug-likeness (QED) is 0.785. The molecule has 0 aliphatic carbocycles. The third-order valence-electron chi connectivity index (χ3n) is 4.23. The van der Waals surface area contributed by atoms with Crippen LogP contribution in [-0.2, 0) is 0 Å². The van der Waals surface area contributed by atoms with Gasteiger partial charge in [-0.25, -0.2) is 0 Å². The van der Waals surface area contributed by atoms with Crippen LogP contribution in [0.4, 0.5) is 0 Å². The monoisotopic (exact) mass is 360 g/mol. The number of piperazine rings is 1. The van der Waals surface area contributed by atoms with Crippen LogP contribution < -0.4 is 4.74 Å². The van der Waals surface area contributed by atoms with E-state index >= 15 is 0 Å². The van der Waals surface area contributed by atoms with Crippen molar-refractivity contribution < 1.29 is 18.7 Å². The van der Waals surface area contributed by atoms with Crippen LogP contribution in [0.3, 0.4) is 0 Å². The van der Waals surface area contributed by atoms with Crippen LogP contribution in [0.5, 0.6) is 5.75 Å². The lowest BCUT2D eigenvalue weighted by molar-refractivity contribution is 0.0516. The average molecular weight is 360 g/mol. The minimum absolute atomic E-state index is 0.0744. The van der Waals surface area contributed by atoms with Gasteiger partial charge in [0.1, 0.15) is 5.75 Å². The molecule has 1 aliphatic heterocycles. The molecule has 132 valence electrons. The molecule has 2 heterocycles. The Bertz CT molecular complexity index is 752. The van der Waals surface area contributed by atoms with Gasteiger partial charge >= 0.3 is 0 Å². The maximum absolute atomic E-state index is 12.8. The van der Waals surface area contributed by atoms with Gasteiger partial charge in [-0.15, -0.1) is 11.8 Å².